The van der Waals surface area contributed by atoms with Gasteiger partial charge in [0.2, 0.25) is 0 Å². The molecule has 1 aromatic carbocycles. The van der Waals surface area contributed by atoms with Crippen molar-refractivity contribution in [1.82, 2.24) is 0 Å². The summed E-state index contributed by atoms with van der Waals surface area (Å²) in [4.78, 5) is 11.0. The van der Waals surface area contributed by atoms with Crippen LogP contribution in [-0.2, 0) is 0 Å². The Morgan fingerprint density at radius 1 is 1.29 bits per heavy atom. The minimum Gasteiger partial charge on any atom is -0.381 e. The van der Waals surface area contributed by atoms with Gasteiger partial charge in [-0.2, -0.15) is 0 Å². The van der Waals surface area contributed by atoms with Crippen LogP contribution in [0.1, 0.15) is 40.0 Å². The number of anilines is 2. The average Bonchev–Trinajstić information content (AvgIpc) is 2.86. The third kappa shape index (κ3) is 2.37. The molecular formula is C17H25N3O. The summed E-state index contributed by atoms with van der Waals surface area (Å²) in [6.45, 7) is 7.17. The number of urea groups is 1. The zero-order chi connectivity index (χ0) is 15.3. The Morgan fingerprint density at radius 3 is 2.62 bits per heavy atom. The molecular weight excluding hydrogens is 262 g/mol. The summed E-state index contributed by atoms with van der Waals surface area (Å²) < 4.78 is 0. The van der Waals surface area contributed by atoms with Crippen molar-refractivity contribution in [2.75, 3.05) is 10.6 Å². The minimum absolute atomic E-state index is 0.306. The lowest BCUT2D eigenvalue weighted by Gasteiger charge is -2.43. The first-order chi connectivity index (χ1) is 9.81. The number of primary amides is 1. The van der Waals surface area contributed by atoms with Crippen LogP contribution in [0.2, 0.25) is 0 Å². The first kappa shape index (κ1) is 14.2. The van der Waals surface area contributed by atoms with Crippen LogP contribution < -0.4 is 16.4 Å². The molecule has 0 radical (unpaired) electrons. The van der Waals surface area contributed by atoms with Gasteiger partial charge in [-0.05, 0) is 54.2 Å². The summed E-state index contributed by atoms with van der Waals surface area (Å²) in [5, 5.41) is 6.36. The third-order valence-corrected chi connectivity index (χ3v) is 5.71. The van der Waals surface area contributed by atoms with E-state index in [9.17, 15) is 4.79 Å². The Morgan fingerprint density at radius 2 is 2.00 bits per heavy atom. The molecule has 1 unspecified atom stereocenters. The lowest BCUT2D eigenvalue weighted by atomic mass is 9.68. The number of amides is 2. The van der Waals surface area contributed by atoms with E-state index < -0.39 is 6.03 Å². The van der Waals surface area contributed by atoms with E-state index in [1.54, 1.807) is 0 Å². The van der Waals surface area contributed by atoms with Crippen LogP contribution in [0.4, 0.5) is 16.2 Å². The van der Waals surface area contributed by atoms with Crippen molar-refractivity contribution >= 4 is 17.4 Å². The van der Waals surface area contributed by atoms with Crippen molar-refractivity contribution in [3.05, 3.63) is 24.3 Å². The topological polar surface area (TPSA) is 67.2 Å². The van der Waals surface area contributed by atoms with Crippen LogP contribution in [0.3, 0.4) is 0 Å². The highest BCUT2D eigenvalue weighted by atomic mass is 16.2. The smallest absolute Gasteiger partial charge is 0.316 e. The molecule has 3 atom stereocenters. The molecule has 2 saturated carbocycles. The summed E-state index contributed by atoms with van der Waals surface area (Å²) in [5.41, 5.74) is 7.65. The van der Waals surface area contributed by atoms with Crippen molar-refractivity contribution in [2.24, 2.45) is 22.5 Å². The first-order valence-electron chi connectivity index (χ1n) is 7.74. The number of rotatable bonds is 3. The normalized spacial score (nSPS) is 32.9. The second-order valence-corrected chi connectivity index (χ2v) is 7.56. The van der Waals surface area contributed by atoms with Gasteiger partial charge in [0.1, 0.15) is 0 Å². The highest BCUT2D eigenvalue weighted by molar-refractivity contribution is 5.88. The molecule has 114 valence electrons. The van der Waals surface area contributed by atoms with Gasteiger partial charge in [-0.1, -0.05) is 26.8 Å². The SMILES string of the molecule is CC1(C)C(Nc2cccc(NC(N)=O)c2)[C@]2(C)CC[C@H]1C2. The molecule has 4 N–H and O–H groups in total. The monoisotopic (exact) mass is 287 g/mol. The molecule has 4 nitrogen and oxygen atoms in total. The molecule has 2 aliphatic carbocycles. The lowest BCUT2D eigenvalue weighted by Crippen LogP contribution is -2.45. The van der Waals surface area contributed by atoms with Gasteiger partial charge >= 0.3 is 6.03 Å². The first-order valence-corrected chi connectivity index (χ1v) is 7.74. The number of carbonyl (C=O) groups is 1. The fraction of sp³-hybridized carbons (Fsp3) is 0.588. The van der Waals surface area contributed by atoms with E-state index in [4.69, 9.17) is 5.73 Å². The zero-order valence-electron chi connectivity index (χ0n) is 13.1. The summed E-state index contributed by atoms with van der Waals surface area (Å²) in [6.07, 6.45) is 3.97. The van der Waals surface area contributed by atoms with Crippen LogP contribution in [0.5, 0.6) is 0 Å². The molecule has 4 heteroatoms. The number of carbonyl (C=O) groups excluding carboxylic acids is 1. The summed E-state index contributed by atoms with van der Waals surface area (Å²) in [7, 11) is 0. The molecule has 0 aromatic heterocycles. The van der Waals surface area contributed by atoms with Gasteiger partial charge in [-0.25, -0.2) is 4.79 Å². The molecule has 21 heavy (non-hydrogen) atoms. The van der Waals surface area contributed by atoms with Gasteiger partial charge in [0.05, 0.1) is 0 Å². The van der Waals surface area contributed by atoms with Crippen LogP contribution in [0.25, 0.3) is 0 Å². The second kappa shape index (κ2) is 4.65. The number of nitrogens with two attached hydrogens (primary N) is 1. The Labute approximate surface area is 126 Å². The van der Waals surface area contributed by atoms with Gasteiger partial charge in [0.15, 0.2) is 0 Å². The van der Waals surface area contributed by atoms with Crippen LogP contribution >= 0.6 is 0 Å². The summed E-state index contributed by atoms with van der Waals surface area (Å²) in [5.74, 6) is 0.812. The maximum atomic E-state index is 11.0. The van der Waals surface area contributed by atoms with Crippen molar-refractivity contribution in [1.29, 1.82) is 0 Å². The molecule has 2 amide bonds. The number of fused-ring (bicyclic) bond motifs is 2. The largest absolute Gasteiger partial charge is 0.381 e. The molecule has 2 aliphatic rings. The number of benzene rings is 1. The number of nitrogens with one attached hydrogen (secondary N) is 2. The van der Waals surface area contributed by atoms with Crippen molar-refractivity contribution in [3.63, 3.8) is 0 Å². The predicted molar refractivity (Wildman–Crippen MR) is 86.3 cm³/mol. The van der Waals surface area contributed by atoms with Gasteiger partial charge < -0.3 is 16.4 Å². The van der Waals surface area contributed by atoms with Crippen molar-refractivity contribution < 1.29 is 4.79 Å². The maximum absolute atomic E-state index is 11.0. The van der Waals surface area contributed by atoms with Crippen molar-refractivity contribution in [2.45, 2.75) is 46.1 Å². The molecule has 0 saturated heterocycles. The van der Waals surface area contributed by atoms with E-state index in [-0.39, 0.29) is 0 Å². The van der Waals surface area contributed by atoms with Crippen LogP contribution in [0, 0.1) is 16.7 Å². The molecule has 2 bridgehead atoms. The second-order valence-electron chi connectivity index (χ2n) is 7.56. The fourth-order valence-electron chi connectivity index (χ4n) is 4.66. The maximum Gasteiger partial charge on any atom is 0.316 e. The third-order valence-electron chi connectivity index (χ3n) is 5.71. The molecule has 3 rings (SSSR count). The minimum atomic E-state index is -0.528. The molecule has 2 fully saturated rings. The van der Waals surface area contributed by atoms with E-state index in [1.807, 2.05) is 18.2 Å². The highest BCUT2D eigenvalue weighted by Crippen LogP contribution is 2.63. The molecule has 1 aromatic rings. The van der Waals surface area contributed by atoms with Gasteiger partial charge in [0, 0.05) is 17.4 Å². The molecule has 0 spiro atoms. The Kier molecular flexibility index (Phi) is 3.15. The van der Waals surface area contributed by atoms with E-state index in [0.29, 0.717) is 16.9 Å². The number of hydrogen-bond donors (Lipinski definition) is 3. The molecule has 0 aliphatic heterocycles. The Bertz CT molecular complexity index is 564. The quantitative estimate of drug-likeness (QED) is 0.791. The average molecular weight is 287 g/mol. The van der Waals surface area contributed by atoms with E-state index in [2.05, 4.69) is 37.5 Å². The fourth-order valence-corrected chi connectivity index (χ4v) is 4.66. The zero-order valence-corrected chi connectivity index (χ0v) is 13.1. The van der Waals surface area contributed by atoms with E-state index >= 15 is 0 Å². The van der Waals surface area contributed by atoms with Crippen LogP contribution in [0.15, 0.2) is 24.3 Å². The Hall–Kier alpha value is -1.71. The van der Waals surface area contributed by atoms with Gasteiger partial charge in [0.25, 0.3) is 0 Å². The van der Waals surface area contributed by atoms with Gasteiger partial charge in [-0.15, -0.1) is 0 Å². The summed E-state index contributed by atoms with van der Waals surface area (Å²) in [6, 6.07) is 7.74. The highest BCUT2D eigenvalue weighted by Gasteiger charge is 2.59. The van der Waals surface area contributed by atoms with E-state index in [0.717, 1.165) is 17.3 Å². The van der Waals surface area contributed by atoms with E-state index in [1.165, 1.54) is 19.3 Å². The number of hydrogen-bond acceptors (Lipinski definition) is 2. The summed E-state index contributed by atoms with van der Waals surface area (Å²) >= 11 is 0. The standard InChI is InChI=1S/C17H25N3O/c1-16(2)11-7-8-17(3,10-11)14(16)19-12-5-4-6-13(9-12)20-15(18)21/h4-6,9,11,14,19H,7-8,10H2,1-3H3,(H3,18,20,21)/t11-,14?,17+/m0/s1. The molecule has 0 heterocycles. The van der Waals surface area contributed by atoms with Crippen molar-refractivity contribution in [3.8, 4) is 0 Å². The van der Waals surface area contributed by atoms with Crippen LogP contribution in [-0.4, -0.2) is 12.1 Å². The lowest BCUT2D eigenvalue weighted by molar-refractivity contribution is 0.155. The van der Waals surface area contributed by atoms with Gasteiger partial charge in [-0.3, -0.25) is 0 Å². The Balaban J connectivity index is 1.82. The predicted octanol–water partition coefficient (Wildman–Crippen LogP) is 3.80.